The van der Waals surface area contributed by atoms with E-state index in [9.17, 15) is 4.79 Å². The number of aryl methyl sites for hydroxylation is 1. The van der Waals surface area contributed by atoms with E-state index < -0.39 is 0 Å². The van der Waals surface area contributed by atoms with Gasteiger partial charge in [0.05, 0.1) is 0 Å². The van der Waals surface area contributed by atoms with Gasteiger partial charge >= 0.3 is 0 Å². The lowest BCUT2D eigenvalue weighted by Crippen LogP contribution is -2.37. The van der Waals surface area contributed by atoms with Gasteiger partial charge in [0.2, 0.25) is 5.91 Å². The molecule has 1 amide bonds. The summed E-state index contributed by atoms with van der Waals surface area (Å²) >= 11 is 0. The van der Waals surface area contributed by atoms with Crippen molar-refractivity contribution in [2.24, 2.45) is 11.8 Å². The van der Waals surface area contributed by atoms with Crippen LogP contribution >= 0.6 is 0 Å². The van der Waals surface area contributed by atoms with Crippen molar-refractivity contribution in [3.8, 4) is 0 Å². The molecule has 1 aromatic carbocycles. The van der Waals surface area contributed by atoms with Crippen LogP contribution in [0.15, 0.2) is 30.3 Å². The number of carbonyl (C=O) groups excluding carboxylic acids is 1. The number of hydrogen-bond acceptors (Lipinski definition) is 1. The molecule has 3 atom stereocenters. The van der Waals surface area contributed by atoms with E-state index in [4.69, 9.17) is 0 Å². The van der Waals surface area contributed by atoms with E-state index in [-0.39, 0.29) is 5.91 Å². The molecular weight excluding hydrogens is 234 g/mol. The Morgan fingerprint density at radius 3 is 2.63 bits per heavy atom. The molecule has 1 aromatic rings. The molecule has 0 aromatic heterocycles. The predicted octanol–water partition coefficient (Wildman–Crippen LogP) is 3.31. The lowest BCUT2D eigenvalue weighted by Gasteiger charge is -2.22. The average molecular weight is 255 g/mol. The second-order valence-electron chi connectivity index (χ2n) is 6.03. The van der Waals surface area contributed by atoms with Gasteiger partial charge in [-0.25, -0.2) is 0 Å². The van der Waals surface area contributed by atoms with Crippen LogP contribution in [0.2, 0.25) is 0 Å². The summed E-state index contributed by atoms with van der Waals surface area (Å²) in [5.41, 5.74) is 2.32. The van der Waals surface area contributed by atoms with E-state index >= 15 is 0 Å². The fourth-order valence-electron chi connectivity index (χ4n) is 3.50. The Morgan fingerprint density at radius 2 is 2.00 bits per heavy atom. The number of rotatable bonds is 3. The molecule has 100 valence electrons. The number of benzene rings is 1. The lowest BCUT2D eigenvalue weighted by atomic mass is 9.95. The minimum atomic E-state index is 0.0538. The number of fused-ring (bicyclic) bond motifs is 2. The van der Waals surface area contributed by atoms with Crippen molar-refractivity contribution in [2.75, 3.05) is 0 Å². The van der Waals surface area contributed by atoms with Crippen LogP contribution in [0.1, 0.15) is 36.8 Å². The van der Waals surface area contributed by atoms with Gasteiger partial charge in [0.1, 0.15) is 0 Å². The molecule has 2 bridgehead atoms. The van der Waals surface area contributed by atoms with E-state index in [1.54, 1.807) is 6.08 Å². The zero-order chi connectivity index (χ0) is 13.2. The van der Waals surface area contributed by atoms with Crippen LogP contribution in [0.3, 0.4) is 0 Å². The Hall–Kier alpha value is -1.57. The standard InChI is InChI=1S/C17H21NO/c1-12-2-4-13(5-3-12)7-9-17(19)18-16-11-14-6-8-15(16)10-14/h2-5,7,9,14-16H,6,8,10-11H2,1H3,(H,18,19)/b9-7+. The van der Waals surface area contributed by atoms with Crippen molar-refractivity contribution in [2.45, 2.75) is 38.6 Å². The third-order valence-corrected chi connectivity index (χ3v) is 4.57. The Morgan fingerprint density at radius 1 is 1.21 bits per heavy atom. The van der Waals surface area contributed by atoms with Crippen molar-refractivity contribution in [3.05, 3.63) is 41.5 Å². The zero-order valence-electron chi connectivity index (χ0n) is 11.4. The number of hydrogen-bond donors (Lipinski definition) is 1. The van der Waals surface area contributed by atoms with E-state index in [1.807, 2.05) is 18.2 Å². The number of nitrogens with one attached hydrogen (secondary N) is 1. The van der Waals surface area contributed by atoms with Crippen LogP contribution in [0.4, 0.5) is 0 Å². The molecule has 2 saturated carbocycles. The first-order valence-corrected chi connectivity index (χ1v) is 7.26. The molecule has 2 aliphatic carbocycles. The van der Waals surface area contributed by atoms with Crippen molar-refractivity contribution in [3.63, 3.8) is 0 Å². The van der Waals surface area contributed by atoms with Gasteiger partial charge in [-0.05, 0) is 49.7 Å². The topological polar surface area (TPSA) is 29.1 Å². The highest BCUT2D eigenvalue weighted by Crippen LogP contribution is 2.44. The second kappa shape index (κ2) is 5.20. The highest BCUT2D eigenvalue weighted by atomic mass is 16.1. The second-order valence-corrected chi connectivity index (χ2v) is 6.03. The minimum Gasteiger partial charge on any atom is -0.350 e. The molecule has 2 aliphatic rings. The number of amides is 1. The van der Waals surface area contributed by atoms with Crippen molar-refractivity contribution < 1.29 is 4.79 Å². The van der Waals surface area contributed by atoms with Gasteiger partial charge in [0, 0.05) is 12.1 Å². The molecule has 0 radical (unpaired) electrons. The van der Waals surface area contributed by atoms with Crippen molar-refractivity contribution in [1.29, 1.82) is 0 Å². The third-order valence-electron chi connectivity index (χ3n) is 4.57. The molecule has 19 heavy (non-hydrogen) atoms. The summed E-state index contributed by atoms with van der Waals surface area (Å²) in [4.78, 5) is 11.9. The van der Waals surface area contributed by atoms with Crippen LogP contribution in [0.25, 0.3) is 6.08 Å². The molecule has 0 aliphatic heterocycles. The summed E-state index contributed by atoms with van der Waals surface area (Å²) < 4.78 is 0. The Bertz CT molecular complexity index is 488. The average Bonchev–Trinajstić information content (AvgIpc) is 3.00. The highest BCUT2D eigenvalue weighted by molar-refractivity contribution is 5.91. The smallest absolute Gasteiger partial charge is 0.244 e. The van der Waals surface area contributed by atoms with Crippen LogP contribution < -0.4 is 5.32 Å². The quantitative estimate of drug-likeness (QED) is 0.825. The van der Waals surface area contributed by atoms with Gasteiger partial charge in [0.15, 0.2) is 0 Å². The van der Waals surface area contributed by atoms with Gasteiger partial charge in [-0.2, -0.15) is 0 Å². The van der Waals surface area contributed by atoms with Gasteiger partial charge < -0.3 is 5.32 Å². The monoisotopic (exact) mass is 255 g/mol. The zero-order valence-corrected chi connectivity index (χ0v) is 11.4. The maximum absolute atomic E-state index is 11.9. The summed E-state index contributed by atoms with van der Waals surface area (Å²) in [6.07, 6.45) is 8.74. The highest BCUT2D eigenvalue weighted by Gasteiger charge is 2.39. The maximum atomic E-state index is 11.9. The van der Waals surface area contributed by atoms with Gasteiger partial charge in [0.25, 0.3) is 0 Å². The Labute approximate surface area is 114 Å². The molecule has 3 rings (SSSR count). The molecule has 2 heteroatoms. The molecule has 0 heterocycles. The SMILES string of the molecule is Cc1ccc(/C=C/C(=O)NC2CC3CCC2C3)cc1. The molecule has 0 spiro atoms. The van der Waals surface area contributed by atoms with Crippen LogP contribution in [0.5, 0.6) is 0 Å². The molecular formula is C17H21NO. The fraction of sp³-hybridized carbons (Fsp3) is 0.471. The molecule has 2 nitrogen and oxygen atoms in total. The summed E-state index contributed by atoms with van der Waals surface area (Å²) in [7, 11) is 0. The molecule has 1 N–H and O–H groups in total. The van der Waals surface area contributed by atoms with E-state index in [1.165, 1.54) is 31.2 Å². The normalized spacial score (nSPS) is 29.0. The van der Waals surface area contributed by atoms with Crippen LogP contribution in [-0.4, -0.2) is 11.9 Å². The first-order valence-electron chi connectivity index (χ1n) is 7.26. The molecule has 0 saturated heterocycles. The van der Waals surface area contributed by atoms with Crippen LogP contribution in [0, 0.1) is 18.8 Å². The Kier molecular flexibility index (Phi) is 3.41. The van der Waals surface area contributed by atoms with Gasteiger partial charge in [-0.1, -0.05) is 36.2 Å². The summed E-state index contributed by atoms with van der Waals surface area (Å²) in [6.45, 7) is 2.06. The van der Waals surface area contributed by atoms with E-state index in [0.717, 1.165) is 17.4 Å². The van der Waals surface area contributed by atoms with Crippen LogP contribution in [-0.2, 0) is 4.79 Å². The maximum Gasteiger partial charge on any atom is 0.244 e. The van der Waals surface area contributed by atoms with Gasteiger partial charge in [-0.15, -0.1) is 0 Å². The summed E-state index contributed by atoms with van der Waals surface area (Å²) in [6, 6.07) is 8.63. The van der Waals surface area contributed by atoms with Crippen molar-refractivity contribution >= 4 is 12.0 Å². The first-order chi connectivity index (χ1) is 9.20. The fourth-order valence-corrected chi connectivity index (χ4v) is 3.50. The van der Waals surface area contributed by atoms with E-state index in [2.05, 4.69) is 24.4 Å². The predicted molar refractivity (Wildman–Crippen MR) is 77.6 cm³/mol. The summed E-state index contributed by atoms with van der Waals surface area (Å²) in [5.74, 6) is 1.66. The lowest BCUT2D eigenvalue weighted by molar-refractivity contribution is -0.117. The Balaban J connectivity index is 1.55. The number of carbonyl (C=O) groups is 1. The van der Waals surface area contributed by atoms with E-state index in [0.29, 0.717) is 6.04 Å². The van der Waals surface area contributed by atoms with Gasteiger partial charge in [-0.3, -0.25) is 4.79 Å². The molecule has 2 fully saturated rings. The molecule has 3 unspecified atom stereocenters. The summed E-state index contributed by atoms with van der Waals surface area (Å²) in [5, 5.41) is 3.17. The first kappa shape index (κ1) is 12.5. The third kappa shape index (κ3) is 2.89. The largest absolute Gasteiger partial charge is 0.350 e. The van der Waals surface area contributed by atoms with Crippen molar-refractivity contribution in [1.82, 2.24) is 5.32 Å². The minimum absolute atomic E-state index is 0.0538.